The molecule has 0 saturated carbocycles. The summed E-state index contributed by atoms with van der Waals surface area (Å²) in [5, 5.41) is 0. The summed E-state index contributed by atoms with van der Waals surface area (Å²) in [4.78, 5) is 0.150. The Morgan fingerprint density at radius 1 is 1.00 bits per heavy atom. The topological polar surface area (TPSA) is 52.6 Å². The highest BCUT2D eigenvalue weighted by molar-refractivity contribution is 9.10. The van der Waals surface area contributed by atoms with E-state index in [0.717, 1.165) is 4.47 Å². The van der Waals surface area contributed by atoms with E-state index in [2.05, 4.69) is 15.9 Å². The standard InChI is InChI=1S/C14H13BrO4S/c1-10-9-11(15)3-8-14(10)20(16,17)19-13-6-4-12(18-2)5-7-13/h3-9H,1-2H3. The number of rotatable bonds is 4. The Bertz CT molecular complexity index is 708. The van der Waals surface area contributed by atoms with Crippen LogP contribution in [-0.2, 0) is 10.1 Å². The first-order valence-electron chi connectivity index (χ1n) is 5.77. The van der Waals surface area contributed by atoms with E-state index in [0.29, 0.717) is 11.3 Å². The lowest BCUT2D eigenvalue weighted by atomic mass is 10.2. The van der Waals surface area contributed by atoms with Gasteiger partial charge in [-0.15, -0.1) is 0 Å². The third-order valence-electron chi connectivity index (χ3n) is 2.67. The predicted molar refractivity (Wildman–Crippen MR) is 79.7 cm³/mol. The molecule has 0 saturated heterocycles. The minimum absolute atomic E-state index is 0.150. The second-order valence-corrected chi connectivity index (χ2v) is 6.55. The minimum Gasteiger partial charge on any atom is -0.497 e. The fourth-order valence-electron chi connectivity index (χ4n) is 1.70. The average molecular weight is 357 g/mol. The summed E-state index contributed by atoms with van der Waals surface area (Å²) < 4.78 is 35.4. The quantitative estimate of drug-likeness (QED) is 0.786. The average Bonchev–Trinajstić information content (AvgIpc) is 2.38. The van der Waals surface area contributed by atoms with Crippen molar-refractivity contribution in [3.8, 4) is 11.5 Å². The summed E-state index contributed by atoms with van der Waals surface area (Å²) in [6, 6.07) is 11.3. The van der Waals surface area contributed by atoms with Crippen molar-refractivity contribution in [1.82, 2.24) is 0 Å². The summed E-state index contributed by atoms with van der Waals surface area (Å²) in [6.07, 6.45) is 0. The van der Waals surface area contributed by atoms with Crippen LogP contribution >= 0.6 is 15.9 Å². The van der Waals surface area contributed by atoms with Crippen molar-refractivity contribution in [2.75, 3.05) is 7.11 Å². The van der Waals surface area contributed by atoms with Gasteiger partial charge in [0.2, 0.25) is 0 Å². The largest absolute Gasteiger partial charge is 0.497 e. The molecule has 2 rings (SSSR count). The van der Waals surface area contributed by atoms with Gasteiger partial charge < -0.3 is 8.92 Å². The van der Waals surface area contributed by atoms with Crippen LogP contribution < -0.4 is 8.92 Å². The third-order valence-corrected chi connectivity index (χ3v) is 4.57. The Balaban J connectivity index is 2.30. The summed E-state index contributed by atoms with van der Waals surface area (Å²) in [6.45, 7) is 1.72. The Hall–Kier alpha value is -1.53. The van der Waals surface area contributed by atoms with E-state index in [4.69, 9.17) is 8.92 Å². The van der Waals surface area contributed by atoms with Gasteiger partial charge in [0.05, 0.1) is 7.11 Å². The van der Waals surface area contributed by atoms with Crippen molar-refractivity contribution in [3.05, 3.63) is 52.5 Å². The molecule has 0 aliphatic carbocycles. The maximum Gasteiger partial charge on any atom is 0.339 e. The van der Waals surface area contributed by atoms with Crippen LogP contribution in [0.1, 0.15) is 5.56 Å². The monoisotopic (exact) mass is 356 g/mol. The molecule has 0 fully saturated rings. The Labute approximate surface area is 126 Å². The van der Waals surface area contributed by atoms with Gasteiger partial charge in [0.1, 0.15) is 16.4 Å². The van der Waals surface area contributed by atoms with Crippen LogP contribution in [0.5, 0.6) is 11.5 Å². The fraction of sp³-hybridized carbons (Fsp3) is 0.143. The number of methoxy groups -OCH3 is 1. The van der Waals surface area contributed by atoms with Gasteiger partial charge in [0.15, 0.2) is 0 Å². The van der Waals surface area contributed by atoms with Crippen LogP contribution in [0.15, 0.2) is 51.8 Å². The Morgan fingerprint density at radius 3 is 2.15 bits per heavy atom. The van der Waals surface area contributed by atoms with Crippen LogP contribution in [0, 0.1) is 6.92 Å². The van der Waals surface area contributed by atoms with Crippen molar-refractivity contribution >= 4 is 26.0 Å². The van der Waals surface area contributed by atoms with E-state index >= 15 is 0 Å². The molecular weight excluding hydrogens is 344 g/mol. The van der Waals surface area contributed by atoms with Gasteiger partial charge >= 0.3 is 10.1 Å². The van der Waals surface area contributed by atoms with Crippen LogP contribution in [0.2, 0.25) is 0 Å². The summed E-state index contributed by atoms with van der Waals surface area (Å²) in [5.41, 5.74) is 0.618. The molecule has 0 heterocycles. The van der Waals surface area contributed by atoms with Crippen molar-refractivity contribution < 1.29 is 17.3 Å². The summed E-state index contributed by atoms with van der Waals surface area (Å²) >= 11 is 3.30. The van der Waals surface area contributed by atoms with Crippen molar-refractivity contribution in [2.24, 2.45) is 0 Å². The second-order valence-electron chi connectivity index (χ2n) is 4.12. The van der Waals surface area contributed by atoms with Crippen LogP contribution in [0.25, 0.3) is 0 Å². The number of hydrogen-bond donors (Lipinski definition) is 0. The van der Waals surface area contributed by atoms with Crippen LogP contribution in [0.4, 0.5) is 0 Å². The molecule has 0 aliphatic rings. The minimum atomic E-state index is -3.84. The molecule has 0 spiro atoms. The lowest BCUT2D eigenvalue weighted by Crippen LogP contribution is -2.11. The van der Waals surface area contributed by atoms with Crippen molar-refractivity contribution in [3.63, 3.8) is 0 Å². The molecule has 20 heavy (non-hydrogen) atoms. The summed E-state index contributed by atoms with van der Waals surface area (Å²) in [5.74, 6) is 0.877. The lowest BCUT2D eigenvalue weighted by molar-refractivity contribution is 0.413. The van der Waals surface area contributed by atoms with Gasteiger partial charge in [-0.3, -0.25) is 0 Å². The second kappa shape index (κ2) is 5.85. The Kier molecular flexibility index (Phi) is 4.35. The normalized spacial score (nSPS) is 11.2. The van der Waals surface area contributed by atoms with Gasteiger partial charge in [-0.2, -0.15) is 8.42 Å². The van der Waals surface area contributed by atoms with Gasteiger partial charge in [-0.1, -0.05) is 15.9 Å². The molecule has 0 unspecified atom stereocenters. The van der Waals surface area contributed by atoms with Gasteiger partial charge in [0.25, 0.3) is 0 Å². The molecule has 0 bridgehead atoms. The van der Waals surface area contributed by atoms with E-state index in [-0.39, 0.29) is 10.6 Å². The molecule has 106 valence electrons. The highest BCUT2D eigenvalue weighted by Gasteiger charge is 2.19. The highest BCUT2D eigenvalue weighted by Crippen LogP contribution is 2.25. The fourth-order valence-corrected chi connectivity index (χ4v) is 3.31. The molecule has 0 atom stereocenters. The Morgan fingerprint density at radius 2 is 1.60 bits per heavy atom. The maximum absolute atomic E-state index is 12.2. The number of aryl methyl sites for hydroxylation is 1. The molecule has 0 aliphatic heterocycles. The lowest BCUT2D eigenvalue weighted by Gasteiger charge is -2.10. The van der Waals surface area contributed by atoms with E-state index in [1.165, 1.54) is 13.2 Å². The number of benzene rings is 2. The molecule has 0 aromatic heterocycles. The summed E-state index contributed by atoms with van der Waals surface area (Å²) in [7, 11) is -2.30. The molecule has 2 aromatic rings. The molecule has 0 radical (unpaired) electrons. The number of hydrogen-bond acceptors (Lipinski definition) is 4. The zero-order chi connectivity index (χ0) is 14.8. The van der Waals surface area contributed by atoms with E-state index in [1.807, 2.05) is 0 Å². The van der Waals surface area contributed by atoms with E-state index < -0.39 is 10.1 Å². The molecule has 2 aromatic carbocycles. The molecule has 0 N–H and O–H groups in total. The van der Waals surface area contributed by atoms with E-state index in [9.17, 15) is 8.42 Å². The zero-order valence-electron chi connectivity index (χ0n) is 11.0. The van der Waals surface area contributed by atoms with Gasteiger partial charge in [-0.25, -0.2) is 0 Å². The first-order valence-corrected chi connectivity index (χ1v) is 7.97. The van der Waals surface area contributed by atoms with Crippen LogP contribution in [-0.4, -0.2) is 15.5 Å². The smallest absolute Gasteiger partial charge is 0.339 e. The van der Waals surface area contributed by atoms with Crippen LogP contribution in [0.3, 0.4) is 0 Å². The van der Waals surface area contributed by atoms with E-state index in [1.54, 1.807) is 43.3 Å². The first-order chi connectivity index (χ1) is 9.42. The van der Waals surface area contributed by atoms with Crippen molar-refractivity contribution in [2.45, 2.75) is 11.8 Å². The molecule has 0 amide bonds. The molecular formula is C14H13BrO4S. The third kappa shape index (κ3) is 3.32. The van der Waals surface area contributed by atoms with Gasteiger partial charge in [0, 0.05) is 4.47 Å². The first kappa shape index (κ1) is 14.9. The maximum atomic E-state index is 12.2. The molecule has 6 heteroatoms. The number of ether oxygens (including phenoxy) is 1. The highest BCUT2D eigenvalue weighted by atomic mass is 79.9. The zero-order valence-corrected chi connectivity index (χ0v) is 13.4. The molecule has 4 nitrogen and oxygen atoms in total. The van der Waals surface area contributed by atoms with Crippen molar-refractivity contribution in [1.29, 1.82) is 0 Å². The predicted octanol–water partition coefficient (Wildman–Crippen LogP) is 3.53. The number of halogens is 1. The van der Waals surface area contributed by atoms with Gasteiger partial charge in [-0.05, 0) is 55.0 Å². The SMILES string of the molecule is COc1ccc(OS(=O)(=O)c2ccc(Br)cc2C)cc1.